The molecule has 1 saturated heterocycles. The smallest absolute Gasteiger partial charge is 0.335 e. The van der Waals surface area contributed by atoms with Gasteiger partial charge in [-0.1, -0.05) is 53.0 Å². The number of urea groups is 1. The Kier molecular flexibility index (Phi) is 7.90. The second-order valence-electron chi connectivity index (χ2n) is 7.47. The summed E-state index contributed by atoms with van der Waals surface area (Å²) in [6, 6.07) is 13.7. The molecule has 0 bridgehead atoms. The summed E-state index contributed by atoms with van der Waals surface area (Å²) >= 11 is 21.8. The summed E-state index contributed by atoms with van der Waals surface area (Å²) < 4.78 is 11.9. The first-order valence-electron chi connectivity index (χ1n) is 10.3. The second-order valence-corrected chi connectivity index (χ2v) is 9.57. The van der Waals surface area contributed by atoms with Gasteiger partial charge < -0.3 is 9.47 Å². The SMILES string of the molecule is COc1cc(/C=C2\C(=O)NC(=O)N(c3ccccc3Cl)C2=O)cc(Br)c1OCc1ccc(Cl)cc1Cl. The van der Waals surface area contributed by atoms with Gasteiger partial charge in [0, 0.05) is 15.6 Å². The Bertz CT molecular complexity index is 1430. The summed E-state index contributed by atoms with van der Waals surface area (Å²) in [6.45, 7) is 0.140. The lowest BCUT2D eigenvalue weighted by molar-refractivity contribution is -0.122. The van der Waals surface area contributed by atoms with Gasteiger partial charge in [-0.25, -0.2) is 9.69 Å². The predicted octanol–water partition coefficient (Wildman–Crippen LogP) is 6.66. The minimum absolute atomic E-state index is 0.140. The molecule has 184 valence electrons. The zero-order chi connectivity index (χ0) is 26.0. The molecule has 1 fully saturated rings. The Balaban J connectivity index is 1.65. The molecule has 36 heavy (non-hydrogen) atoms. The van der Waals surface area contributed by atoms with E-state index in [0.29, 0.717) is 31.6 Å². The number of imide groups is 2. The van der Waals surface area contributed by atoms with Crippen LogP contribution in [-0.4, -0.2) is 25.0 Å². The zero-order valence-electron chi connectivity index (χ0n) is 18.5. The lowest BCUT2D eigenvalue weighted by Gasteiger charge is -2.27. The maximum absolute atomic E-state index is 13.2. The van der Waals surface area contributed by atoms with Crippen LogP contribution in [0.15, 0.2) is 64.6 Å². The van der Waals surface area contributed by atoms with Crippen LogP contribution in [0.3, 0.4) is 0 Å². The van der Waals surface area contributed by atoms with Crippen molar-refractivity contribution in [1.29, 1.82) is 0 Å². The Morgan fingerprint density at radius 2 is 1.75 bits per heavy atom. The fourth-order valence-corrected chi connectivity index (χ4v) is 4.69. The summed E-state index contributed by atoms with van der Waals surface area (Å²) in [7, 11) is 1.46. The van der Waals surface area contributed by atoms with Crippen LogP contribution in [0.25, 0.3) is 6.08 Å². The van der Waals surface area contributed by atoms with Gasteiger partial charge in [-0.3, -0.25) is 14.9 Å². The summed E-state index contributed by atoms with van der Waals surface area (Å²) in [5, 5.41) is 3.32. The zero-order valence-corrected chi connectivity index (χ0v) is 22.3. The van der Waals surface area contributed by atoms with E-state index < -0.39 is 17.8 Å². The molecule has 3 aromatic carbocycles. The van der Waals surface area contributed by atoms with Crippen LogP contribution in [0.4, 0.5) is 10.5 Å². The highest BCUT2D eigenvalue weighted by Crippen LogP contribution is 2.38. The van der Waals surface area contributed by atoms with Crippen molar-refractivity contribution in [3.05, 3.63) is 90.8 Å². The molecule has 1 N–H and O–H groups in total. The average molecular weight is 611 g/mol. The third-order valence-corrected chi connectivity index (χ3v) is 6.64. The van der Waals surface area contributed by atoms with E-state index in [1.54, 1.807) is 42.5 Å². The maximum Gasteiger partial charge on any atom is 0.335 e. The molecule has 11 heteroatoms. The Morgan fingerprint density at radius 3 is 2.44 bits per heavy atom. The van der Waals surface area contributed by atoms with Crippen LogP contribution in [-0.2, 0) is 16.2 Å². The predicted molar refractivity (Wildman–Crippen MR) is 142 cm³/mol. The van der Waals surface area contributed by atoms with Gasteiger partial charge in [0.1, 0.15) is 12.2 Å². The Hall–Kier alpha value is -3.04. The van der Waals surface area contributed by atoms with Gasteiger partial charge in [0.25, 0.3) is 11.8 Å². The molecule has 0 spiro atoms. The van der Waals surface area contributed by atoms with E-state index in [-0.39, 0.29) is 22.9 Å². The molecule has 0 saturated carbocycles. The first-order valence-corrected chi connectivity index (χ1v) is 12.2. The van der Waals surface area contributed by atoms with Crippen LogP contribution in [0.5, 0.6) is 11.5 Å². The Morgan fingerprint density at radius 1 is 1.00 bits per heavy atom. The van der Waals surface area contributed by atoms with Crippen LogP contribution >= 0.6 is 50.7 Å². The normalized spacial score (nSPS) is 14.8. The number of para-hydroxylation sites is 1. The number of carbonyl (C=O) groups is 3. The number of methoxy groups -OCH3 is 1. The number of anilines is 1. The molecule has 1 aliphatic rings. The van der Waals surface area contributed by atoms with E-state index in [2.05, 4.69) is 21.2 Å². The molecule has 4 amide bonds. The third-order valence-electron chi connectivity index (χ3n) is 5.14. The van der Waals surface area contributed by atoms with Gasteiger partial charge in [0.05, 0.1) is 22.3 Å². The summed E-state index contributed by atoms with van der Waals surface area (Å²) in [5.74, 6) is -0.923. The lowest BCUT2D eigenvalue weighted by Crippen LogP contribution is -2.54. The molecule has 0 radical (unpaired) electrons. The van der Waals surface area contributed by atoms with E-state index in [0.717, 1.165) is 10.5 Å². The standard InChI is InChI=1S/C25H16BrCl3N2O5/c1-35-21-10-13(9-17(26)22(21)36-12-14-6-7-15(27)11-19(14)29)8-16-23(32)30-25(34)31(24(16)33)20-5-3-2-4-18(20)28/h2-11H,12H2,1H3,(H,30,32,34)/b16-8+. The minimum Gasteiger partial charge on any atom is -0.493 e. The number of carbonyl (C=O) groups excluding carboxylic acids is 3. The summed E-state index contributed by atoms with van der Waals surface area (Å²) in [5.41, 5.74) is 1.06. The second kappa shape index (κ2) is 10.9. The number of hydrogen-bond donors (Lipinski definition) is 1. The summed E-state index contributed by atoms with van der Waals surface area (Å²) in [4.78, 5) is 38.9. The van der Waals surface area contributed by atoms with Crippen LogP contribution in [0.1, 0.15) is 11.1 Å². The van der Waals surface area contributed by atoms with Crippen LogP contribution < -0.4 is 19.7 Å². The van der Waals surface area contributed by atoms with E-state index >= 15 is 0 Å². The minimum atomic E-state index is -0.890. The molecule has 0 unspecified atom stereocenters. The number of rotatable bonds is 6. The van der Waals surface area contributed by atoms with Crippen molar-refractivity contribution in [2.75, 3.05) is 12.0 Å². The van der Waals surface area contributed by atoms with Gasteiger partial charge in [0.2, 0.25) is 0 Å². The molecule has 0 aromatic heterocycles. The number of hydrogen-bond acceptors (Lipinski definition) is 5. The van der Waals surface area contributed by atoms with Gasteiger partial charge in [-0.2, -0.15) is 0 Å². The van der Waals surface area contributed by atoms with Crippen molar-refractivity contribution in [2.24, 2.45) is 0 Å². The van der Waals surface area contributed by atoms with E-state index in [1.165, 1.54) is 25.3 Å². The lowest BCUT2D eigenvalue weighted by atomic mass is 10.1. The van der Waals surface area contributed by atoms with Gasteiger partial charge in [-0.15, -0.1) is 0 Å². The number of benzene rings is 3. The van der Waals surface area contributed by atoms with E-state index in [4.69, 9.17) is 44.3 Å². The van der Waals surface area contributed by atoms with E-state index in [1.807, 2.05) is 0 Å². The van der Waals surface area contributed by atoms with Crippen molar-refractivity contribution >= 4 is 80.3 Å². The first kappa shape index (κ1) is 26.0. The molecule has 0 aliphatic carbocycles. The number of amides is 4. The van der Waals surface area contributed by atoms with Crippen LogP contribution in [0, 0.1) is 0 Å². The fourth-order valence-electron chi connectivity index (χ4n) is 3.43. The Labute approximate surface area is 229 Å². The fraction of sp³-hybridized carbons (Fsp3) is 0.0800. The molecule has 1 aliphatic heterocycles. The van der Waals surface area contributed by atoms with Gasteiger partial charge >= 0.3 is 6.03 Å². The van der Waals surface area contributed by atoms with Gasteiger partial charge in [-0.05, 0) is 64.0 Å². The third kappa shape index (κ3) is 5.37. The van der Waals surface area contributed by atoms with Crippen molar-refractivity contribution in [1.82, 2.24) is 5.32 Å². The van der Waals surface area contributed by atoms with Crippen molar-refractivity contribution in [3.63, 3.8) is 0 Å². The quantitative estimate of drug-likeness (QED) is 0.249. The molecule has 7 nitrogen and oxygen atoms in total. The molecule has 1 heterocycles. The topological polar surface area (TPSA) is 84.9 Å². The molecular weight excluding hydrogens is 595 g/mol. The number of barbiturate groups is 1. The highest BCUT2D eigenvalue weighted by atomic mass is 79.9. The van der Waals surface area contributed by atoms with Crippen molar-refractivity contribution < 1.29 is 23.9 Å². The number of nitrogens with one attached hydrogen (secondary N) is 1. The van der Waals surface area contributed by atoms with Crippen LogP contribution in [0.2, 0.25) is 15.1 Å². The highest BCUT2D eigenvalue weighted by molar-refractivity contribution is 9.10. The van der Waals surface area contributed by atoms with Gasteiger partial charge in [0.15, 0.2) is 11.5 Å². The average Bonchev–Trinajstić information content (AvgIpc) is 2.83. The number of halogens is 4. The highest BCUT2D eigenvalue weighted by Gasteiger charge is 2.37. The molecule has 3 aromatic rings. The molecular formula is C25H16BrCl3N2O5. The van der Waals surface area contributed by atoms with Crippen molar-refractivity contribution in [3.8, 4) is 11.5 Å². The molecule has 0 atom stereocenters. The van der Waals surface area contributed by atoms with E-state index in [9.17, 15) is 14.4 Å². The number of nitrogens with zero attached hydrogens (tertiary/aromatic N) is 1. The maximum atomic E-state index is 13.2. The monoisotopic (exact) mass is 608 g/mol. The first-order chi connectivity index (χ1) is 17.2. The largest absolute Gasteiger partial charge is 0.493 e. The van der Waals surface area contributed by atoms with Crippen molar-refractivity contribution in [2.45, 2.75) is 6.61 Å². The molecule has 4 rings (SSSR count). The number of ether oxygens (including phenoxy) is 2. The summed E-state index contributed by atoms with van der Waals surface area (Å²) in [6.07, 6.45) is 1.35.